The summed E-state index contributed by atoms with van der Waals surface area (Å²) in [5, 5.41) is 9.00. The Labute approximate surface area is 94.7 Å². The molecular weight excluding hydrogens is 206 g/mol. The van der Waals surface area contributed by atoms with Gasteiger partial charge in [0.25, 0.3) is 0 Å². The summed E-state index contributed by atoms with van der Waals surface area (Å²) in [4.78, 5) is 15.5. The first kappa shape index (κ1) is 10.1. The number of fused-ring (bicyclic) bond motifs is 1. The van der Waals surface area contributed by atoms with Gasteiger partial charge in [0.05, 0.1) is 12.0 Å². The number of hydrogen-bond acceptors (Lipinski definition) is 3. The Morgan fingerprint density at radius 3 is 2.75 bits per heavy atom. The molecule has 0 aromatic heterocycles. The molecule has 4 nitrogen and oxygen atoms in total. The lowest BCUT2D eigenvalue weighted by Gasteiger charge is -2.28. The Hall–Kier alpha value is -1.06. The minimum Gasteiger partial charge on any atom is -0.481 e. The number of carboxylic acids is 1. The van der Waals surface area contributed by atoms with Crippen molar-refractivity contribution in [1.29, 1.82) is 0 Å². The van der Waals surface area contributed by atoms with Gasteiger partial charge in [0.2, 0.25) is 0 Å². The van der Waals surface area contributed by atoms with Crippen LogP contribution in [0.25, 0.3) is 0 Å². The summed E-state index contributed by atoms with van der Waals surface area (Å²) in [5.74, 6) is 0.571. The molecule has 88 valence electrons. The van der Waals surface area contributed by atoms with Crippen molar-refractivity contribution in [1.82, 2.24) is 0 Å². The molecule has 0 saturated heterocycles. The molecule has 2 fully saturated rings. The third-order valence-electron chi connectivity index (χ3n) is 4.12. The summed E-state index contributed by atoms with van der Waals surface area (Å²) in [6, 6.07) is 0.116. The Balaban J connectivity index is 1.67. The van der Waals surface area contributed by atoms with Crippen LogP contribution in [-0.2, 0) is 9.53 Å². The van der Waals surface area contributed by atoms with E-state index in [9.17, 15) is 4.79 Å². The predicted octanol–water partition coefficient (Wildman–Crippen LogP) is 1.84. The first-order chi connectivity index (χ1) is 7.74. The molecule has 3 unspecified atom stereocenters. The van der Waals surface area contributed by atoms with Gasteiger partial charge in [-0.05, 0) is 32.1 Å². The first-order valence-corrected chi connectivity index (χ1v) is 6.21. The second-order valence-electron chi connectivity index (χ2n) is 5.17. The highest BCUT2D eigenvalue weighted by molar-refractivity contribution is 5.81. The maximum atomic E-state index is 10.9. The van der Waals surface area contributed by atoms with E-state index in [0.717, 1.165) is 18.7 Å². The molecule has 16 heavy (non-hydrogen) atoms. The molecule has 1 aliphatic heterocycles. The number of ether oxygens (including phenoxy) is 1. The van der Waals surface area contributed by atoms with Crippen LogP contribution in [0.2, 0.25) is 0 Å². The van der Waals surface area contributed by atoms with E-state index >= 15 is 0 Å². The monoisotopic (exact) mass is 223 g/mol. The van der Waals surface area contributed by atoms with Gasteiger partial charge >= 0.3 is 5.97 Å². The number of rotatable bonds is 2. The molecule has 3 aliphatic rings. The smallest absolute Gasteiger partial charge is 0.306 e. The lowest BCUT2D eigenvalue weighted by molar-refractivity contribution is -0.143. The molecule has 2 aliphatic carbocycles. The van der Waals surface area contributed by atoms with Crippen LogP contribution in [0, 0.1) is 11.8 Å². The summed E-state index contributed by atoms with van der Waals surface area (Å²) in [7, 11) is 0. The lowest BCUT2D eigenvalue weighted by Crippen LogP contribution is -2.34. The second kappa shape index (κ2) is 3.75. The van der Waals surface area contributed by atoms with Gasteiger partial charge in [-0.25, -0.2) is 4.99 Å². The Kier molecular flexibility index (Phi) is 2.37. The Morgan fingerprint density at radius 1 is 1.31 bits per heavy atom. The molecule has 0 amide bonds. The average Bonchev–Trinajstić information content (AvgIpc) is 2.56. The summed E-state index contributed by atoms with van der Waals surface area (Å²) in [6.45, 7) is 0. The van der Waals surface area contributed by atoms with Gasteiger partial charge in [-0.1, -0.05) is 6.42 Å². The molecule has 4 heteroatoms. The van der Waals surface area contributed by atoms with Gasteiger partial charge < -0.3 is 9.84 Å². The van der Waals surface area contributed by atoms with Gasteiger partial charge in [0.15, 0.2) is 5.90 Å². The quantitative estimate of drug-likeness (QED) is 0.777. The minimum atomic E-state index is -0.675. The largest absolute Gasteiger partial charge is 0.481 e. The lowest BCUT2D eigenvalue weighted by atomic mass is 9.84. The zero-order valence-electron chi connectivity index (χ0n) is 9.26. The normalized spacial score (nSPS) is 38.2. The van der Waals surface area contributed by atoms with E-state index < -0.39 is 5.97 Å². The van der Waals surface area contributed by atoms with Crippen molar-refractivity contribution in [2.75, 3.05) is 0 Å². The highest BCUT2D eigenvalue weighted by Crippen LogP contribution is 2.37. The van der Waals surface area contributed by atoms with Crippen LogP contribution in [0.1, 0.15) is 38.5 Å². The number of aliphatic carboxylic acids is 1. The van der Waals surface area contributed by atoms with Gasteiger partial charge in [-0.3, -0.25) is 4.79 Å². The fourth-order valence-corrected chi connectivity index (χ4v) is 2.82. The Morgan fingerprint density at radius 2 is 2.12 bits per heavy atom. The molecule has 3 atom stereocenters. The molecule has 0 spiro atoms. The predicted molar refractivity (Wildman–Crippen MR) is 58.4 cm³/mol. The van der Waals surface area contributed by atoms with Crippen molar-refractivity contribution in [3.05, 3.63) is 0 Å². The number of carbonyl (C=O) groups is 1. The van der Waals surface area contributed by atoms with E-state index in [1.807, 2.05) is 0 Å². The summed E-state index contributed by atoms with van der Waals surface area (Å²) in [5.41, 5.74) is 0. The summed E-state index contributed by atoms with van der Waals surface area (Å²) in [6.07, 6.45) is 6.09. The third-order valence-corrected chi connectivity index (χ3v) is 4.12. The van der Waals surface area contributed by atoms with E-state index in [2.05, 4.69) is 4.99 Å². The van der Waals surface area contributed by atoms with Crippen molar-refractivity contribution in [3.63, 3.8) is 0 Å². The molecule has 2 saturated carbocycles. The van der Waals surface area contributed by atoms with Gasteiger partial charge in [-0.15, -0.1) is 0 Å². The van der Waals surface area contributed by atoms with Crippen molar-refractivity contribution in [2.45, 2.75) is 50.7 Å². The van der Waals surface area contributed by atoms with Crippen LogP contribution < -0.4 is 0 Å². The minimum absolute atomic E-state index is 0.116. The van der Waals surface area contributed by atoms with Crippen molar-refractivity contribution in [3.8, 4) is 0 Å². The van der Waals surface area contributed by atoms with Gasteiger partial charge in [0.1, 0.15) is 6.10 Å². The standard InChI is InChI=1S/C12H17NO3/c14-12(15)8-4-5-10-9(6-8)13-11(16-10)7-2-1-3-7/h7-10H,1-6H2,(H,14,15). The van der Waals surface area contributed by atoms with Crippen molar-refractivity contribution >= 4 is 11.9 Å². The van der Waals surface area contributed by atoms with E-state index in [0.29, 0.717) is 12.3 Å². The molecular formula is C12H17NO3. The maximum Gasteiger partial charge on any atom is 0.306 e. The van der Waals surface area contributed by atoms with Gasteiger partial charge in [0, 0.05) is 5.92 Å². The number of nitrogens with zero attached hydrogens (tertiary/aromatic N) is 1. The molecule has 0 radical (unpaired) electrons. The van der Waals surface area contributed by atoms with E-state index in [-0.39, 0.29) is 18.1 Å². The van der Waals surface area contributed by atoms with E-state index in [4.69, 9.17) is 9.84 Å². The van der Waals surface area contributed by atoms with E-state index in [1.54, 1.807) is 0 Å². The van der Waals surface area contributed by atoms with Crippen LogP contribution in [0.4, 0.5) is 0 Å². The zero-order chi connectivity index (χ0) is 11.1. The van der Waals surface area contributed by atoms with Gasteiger partial charge in [-0.2, -0.15) is 0 Å². The van der Waals surface area contributed by atoms with Crippen LogP contribution in [0.3, 0.4) is 0 Å². The summed E-state index contributed by atoms with van der Waals surface area (Å²) < 4.78 is 5.85. The fraction of sp³-hybridized carbons (Fsp3) is 0.833. The summed E-state index contributed by atoms with van der Waals surface area (Å²) >= 11 is 0. The van der Waals surface area contributed by atoms with E-state index in [1.165, 1.54) is 19.3 Å². The Bertz CT molecular complexity index is 335. The molecule has 1 heterocycles. The zero-order valence-corrected chi connectivity index (χ0v) is 9.26. The van der Waals surface area contributed by atoms with Crippen molar-refractivity contribution in [2.24, 2.45) is 16.8 Å². The fourth-order valence-electron chi connectivity index (χ4n) is 2.82. The number of hydrogen-bond donors (Lipinski definition) is 1. The first-order valence-electron chi connectivity index (χ1n) is 6.21. The molecule has 0 bridgehead atoms. The molecule has 0 aromatic carbocycles. The maximum absolute atomic E-state index is 10.9. The van der Waals surface area contributed by atoms with Crippen molar-refractivity contribution < 1.29 is 14.6 Å². The molecule has 1 N–H and O–H groups in total. The van der Waals surface area contributed by atoms with Crippen LogP contribution in [-0.4, -0.2) is 29.1 Å². The van der Waals surface area contributed by atoms with Crippen LogP contribution in [0.15, 0.2) is 4.99 Å². The third kappa shape index (κ3) is 1.60. The van der Waals surface area contributed by atoms with Crippen LogP contribution in [0.5, 0.6) is 0 Å². The number of carboxylic acid groups (broad SMARTS) is 1. The SMILES string of the molecule is O=C(O)C1CCC2OC(C3CCC3)=NC2C1. The number of aliphatic imine (C=N–C) groups is 1. The topological polar surface area (TPSA) is 58.9 Å². The average molecular weight is 223 g/mol. The van der Waals surface area contributed by atoms with Crippen LogP contribution >= 0.6 is 0 Å². The molecule has 3 rings (SSSR count). The molecule has 0 aromatic rings. The highest BCUT2D eigenvalue weighted by atomic mass is 16.5. The highest BCUT2D eigenvalue weighted by Gasteiger charge is 2.41. The second-order valence-corrected chi connectivity index (χ2v) is 5.17.